The molecule has 0 aromatic carbocycles. The predicted molar refractivity (Wildman–Crippen MR) is 142 cm³/mol. The SMILES string of the molecule is CCCCCCCCCCCCC(O)C(CCCCCCCC)CCCCCCCC. The molecule has 0 saturated heterocycles. The Morgan fingerprint density at radius 2 is 0.613 bits per heavy atom. The van der Waals surface area contributed by atoms with Crippen molar-refractivity contribution in [1.29, 1.82) is 0 Å². The van der Waals surface area contributed by atoms with E-state index in [2.05, 4.69) is 20.8 Å². The molecule has 1 N–H and O–H groups in total. The Morgan fingerprint density at radius 1 is 0.355 bits per heavy atom. The average Bonchev–Trinajstić information content (AvgIpc) is 2.78. The van der Waals surface area contributed by atoms with E-state index in [-0.39, 0.29) is 6.10 Å². The number of unbranched alkanes of at least 4 members (excludes halogenated alkanes) is 19. The van der Waals surface area contributed by atoms with Crippen LogP contribution >= 0.6 is 0 Å². The molecule has 0 fully saturated rings. The minimum absolute atomic E-state index is 0.0414. The number of rotatable bonds is 26. The Morgan fingerprint density at radius 3 is 0.935 bits per heavy atom. The highest BCUT2D eigenvalue weighted by molar-refractivity contribution is 4.70. The minimum Gasteiger partial charge on any atom is -0.393 e. The summed E-state index contributed by atoms with van der Waals surface area (Å²) < 4.78 is 0. The summed E-state index contributed by atoms with van der Waals surface area (Å²) in [6, 6.07) is 0. The fourth-order valence-corrected chi connectivity index (χ4v) is 4.98. The van der Waals surface area contributed by atoms with Gasteiger partial charge in [-0.2, -0.15) is 0 Å². The van der Waals surface area contributed by atoms with Gasteiger partial charge in [-0.1, -0.05) is 162 Å². The van der Waals surface area contributed by atoms with E-state index >= 15 is 0 Å². The predicted octanol–water partition coefficient (Wildman–Crippen LogP) is 10.8. The third kappa shape index (κ3) is 22.9. The first-order chi connectivity index (χ1) is 15.3. The van der Waals surface area contributed by atoms with Crippen molar-refractivity contribution in [3.63, 3.8) is 0 Å². The molecule has 1 atom stereocenters. The summed E-state index contributed by atoms with van der Waals surface area (Å²) in [7, 11) is 0. The number of aliphatic hydroxyl groups excluding tert-OH is 1. The topological polar surface area (TPSA) is 20.2 Å². The fraction of sp³-hybridized carbons (Fsp3) is 1.00. The second-order valence-corrected chi connectivity index (χ2v) is 10.4. The van der Waals surface area contributed by atoms with Gasteiger partial charge in [0.1, 0.15) is 0 Å². The van der Waals surface area contributed by atoms with Crippen molar-refractivity contribution >= 4 is 0 Å². The van der Waals surface area contributed by atoms with E-state index in [1.807, 2.05) is 0 Å². The highest BCUT2D eigenvalue weighted by Gasteiger charge is 2.18. The molecule has 0 spiro atoms. The van der Waals surface area contributed by atoms with Crippen LogP contribution in [0.2, 0.25) is 0 Å². The molecule has 1 unspecified atom stereocenters. The van der Waals surface area contributed by atoms with Gasteiger partial charge in [-0.05, 0) is 25.2 Å². The average molecular weight is 439 g/mol. The molecule has 31 heavy (non-hydrogen) atoms. The Kier molecular flexibility index (Phi) is 26.2. The summed E-state index contributed by atoms with van der Waals surface area (Å²) in [5, 5.41) is 10.9. The monoisotopic (exact) mass is 438 g/mol. The number of hydrogen-bond acceptors (Lipinski definition) is 1. The Bertz CT molecular complexity index is 298. The van der Waals surface area contributed by atoms with Gasteiger partial charge >= 0.3 is 0 Å². The van der Waals surface area contributed by atoms with Crippen LogP contribution < -0.4 is 0 Å². The molecular formula is C30H62O. The molecule has 0 bridgehead atoms. The summed E-state index contributed by atoms with van der Waals surface area (Å²) >= 11 is 0. The summed E-state index contributed by atoms with van der Waals surface area (Å²) in [4.78, 5) is 0. The van der Waals surface area contributed by atoms with Crippen LogP contribution in [0.5, 0.6) is 0 Å². The van der Waals surface area contributed by atoms with Gasteiger partial charge in [-0.25, -0.2) is 0 Å². The van der Waals surface area contributed by atoms with E-state index in [0.717, 1.165) is 6.42 Å². The Hall–Kier alpha value is -0.0400. The molecule has 0 aliphatic carbocycles. The second kappa shape index (κ2) is 26.2. The van der Waals surface area contributed by atoms with Crippen molar-refractivity contribution < 1.29 is 5.11 Å². The van der Waals surface area contributed by atoms with Crippen molar-refractivity contribution in [2.24, 2.45) is 5.92 Å². The van der Waals surface area contributed by atoms with E-state index in [4.69, 9.17) is 0 Å². The van der Waals surface area contributed by atoms with Crippen LogP contribution in [0.25, 0.3) is 0 Å². The van der Waals surface area contributed by atoms with Gasteiger partial charge in [0.2, 0.25) is 0 Å². The van der Waals surface area contributed by atoms with Crippen LogP contribution in [-0.2, 0) is 0 Å². The van der Waals surface area contributed by atoms with Crippen LogP contribution in [0.4, 0.5) is 0 Å². The van der Waals surface area contributed by atoms with E-state index in [1.165, 1.54) is 154 Å². The van der Waals surface area contributed by atoms with Crippen LogP contribution in [0.1, 0.15) is 181 Å². The molecule has 0 rings (SSSR count). The zero-order valence-electron chi connectivity index (χ0n) is 22.3. The van der Waals surface area contributed by atoms with Crippen molar-refractivity contribution in [2.45, 2.75) is 187 Å². The molecule has 188 valence electrons. The smallest absolute Gasteiger partial charge is 0.0568 e. The maximum Gasteiger partial charge on any atom is 0.0568 e. The number of hydrogen-bond donors (Lipinski definition) is 1. The van der Waals surface area contributed by atoms with Gasteiger partial charge in [0.05, 0.1) is 6.10 Å². The Balaban J connectivity index is 3.93. The molecular weight excluding hydrogens is 376 g/mol. The summed E-state index contributed by atoms with van der Waals surface area (Å²) in [5.74, 6) is 0.566. The lowest BCUT2D eigenvalue weighted by Gasteiger charge is -2.23. The van der Waals surface area contributed by atoms with Crippen molar-refractivity contribution in [2.75, 3.05) is 0 Å². The molecule has 0 aliphatic heterocycles. The lowest BCUT2D eigenvalue weighted by Crippen LogP contribution is -2.20. The van der Waals surface area contributed by atoms with Crippen LogP contribution in [-0.4, -0.2) is 11.2 Å². The van der Waals surface area contributed by atoms with Crippen molar-refractivity contribution in [3.8, 4) is 0 Å². The first-order valence-electron chi connectivity index (χ1n) is 14.9. The molecule has 0 amide bonds. The lowest BCUT2D eigenvalue weighted by molar-refractivity contribution is 0.0829. The normalized spacial score (nSPS) is 12.7. The standard InChI is InChI=1S/C30H62O/c1-4-7-10-13-16-17-18-19-22-25-28-30(31)29(26-23-20-14-11-8-5-2)27-24-21-15-12-9-6-3/h29-31H,4-28H2,1-3H3. The fourth-order valence-electron chi connectivity index (χ4n) is 4.98. The molecule has 0 radical (unpaired) electrons. The largest absolute Gasteiger partial charge is 0.393 e. The maximum absolute atomic E-state index is 10.9. The van der Waals surface area contributed by atoms with Crippen molar-refractivity contribution in [3.05, 3.63) is 0 Å². The summed E-state index contributed by atoms with van der Waals surface area (Å²) in [6.45, 7) is 6.88. The van der Waals surface area contributed by atoms with Crippen molar-refractivity contribution in [1.82, 2.24) is 0 Å². The van der Waals surface area contributed by atoms with Gasteiger partial charge in [0.25, 0.3) is 0 Å². The highest BCUT2D eigenvalue weighted by Crippen LogP contribution is 2.25. The van der Waals surface area contributed by atoms with E-state index in [9.17, 15) is 5.11 Å². The highest BCUT2D eigenvalue weighted by atomic mass is 16.3. The summed E-state index contributed by atoms with van der Waals surface area (Å²) in [5.41, 5.74) is 0. The molecule has 1 heteroatoms. The molecule has 0 aliphatic rings. The van der Waals surface area contributed by atoms with Gasteiger partial charge in [0, 0.05) is 0 Å². The van der Waals surface area contributed by atoms with Crippen LogP contribution in [0, 0.1) is 5.92 Å². The number of aliphatic hydroxyl groups is 1. The van der Waals surface area contributed by atoms with E-state index in [1.54, 1.807) is 0 Å². The lowest BCUT2D eigenvalue weighted by atomic mass is 9.87. The molecule has 0 saturated carbocycles. The third-order valence-corrected chi connectivity index (χ3v) is 7.25. The second-order valence-electron chi connectivity index (χ2n) is 10.4. The first kappa shape index (κ1) is 31.0. The molecule has 0 aromatic rings. The molecule has 0 aromatic heterocycles. The van der Waals surface area contributed by atoms with Gasteiger partial charge in [0.15, 0.2) is 0 Å². The van der Waals surface area contributed by atoms with Crippen LogP contribution in [0.15, 0.2) is 0 Å². The summed E-state index contributed by atoms with van der Waals surface area (Å²) in [6.07, 6.45) is 33.8. The van der Waals surface area contributed by atoms with E-state index in [0.29, 0.717) is 5.92 Å². The quantitative estimate of drug-likeness (QED) is 0.133. The first-order valence-corrected chi connectivity index (χ1v) is 14.9. The zero-order valence-corrected chi connectivity index (χ0v) is 22.3. The van der Waals surface area contributed by atoms with Gasteiger partial charge < -0.3 is 5.11 Å². The Labute approximate surface area is 198 Å². The van der Waals surface area contributed by atoms with E-state index < -0.39 is 0 Å². The van der Waals surface area contributed by atoms with Crippen LogP contribution in [0.3, 0.4) is 0 Å². The third-order valence-electron chi connectivity index (χ3n) is 7.25. The van der Waals surface area contributed by atoms with Gasteiger partial charge in [-0.3, -0.25) is 0 Å². The maximum atomic E-state index is 10.9. The zero-order chi connectivity index (χ0) is 22.8. The molecule has 0 heterocycles. The van der Waals surface area contributed by atoms with Gasteiger partial charge in [-0.15, -0.1) is 0 Å². The molecule has 1 nitrogen and oxygen atoms in total. The minimum atomic E-state index is -0.0414.